The van der Waals surface area contributed by atoms with Crippen molar-refractivity contribution < 1.29 is 21.7 Å². The van der Waals surface area contributed by atoms with Crippen LogP contribution in [-0.2, 0) is 21.7 Å². The van der Waals surface area contributed by atoms with Crippen molar-refractivity contribution in [3.8, 4) is 0 Å². The van der Waals surface area contributed by atoms with Crippen molar-refractivity contribution in [3.63, 3.8) is 0 Å². The van der Waals surface area contributed by atoms with E-state index in [1.807, 2.05) is 72.8 Å². The zero-order chi connectivity index (χ0) is 16.5. The van der Waals surface area contributed by atoms with Crippen LogP contribution in [-0.4, -0.2) is 0 Å². The smallest absolute Gasteiger partial charge is 0 e. The first-order chi connectivity index (χ1) is 10.9. The third-order valence-corrected chi connectivity index (χ3v) is 11.8. The van der Waals surface area contributed by atoms with Gasteiger partial charge in [0.15, 0.2) is 0 Å². The standard InChI is InChI=1S/C18H13Cl4P.Ti/c19-16-12-7-13-17(18(16)20)23(21,22,14-8-3-1-4-9-14)15-10-5-2-6-11-15;/h1-13H;. The molecule has 0 nitrogen and oxygen atoms in total. The average Bonchev–Trinajstić information content (AvgIpc) is 2.59. The van der Waals surface area contributed by atoms with Gasteiger partial charge in [0.25, 0.3) is 0 Å². The topological polar surface area (TPSA) is 0 Å². The zero-order valence-corrected chi connectivity index (χ0v) is 17.9. The van der Waals surface area contributed by atoms with E-state index in [0.29, 0.717) is 15.3 Å². The maximum Gasteiger partial charge on any atom is 0 e. The Bertz CT molecular complexity index is 795. The molecule has 3 aromatic rings. The summed E-state index contributed by atoms with van der Waals surface area (Å²) in [7, 11) is 0. The Morgan fingerprint density at radius 3 is 1.50 bits per heavy atom. The molecule has 0 aliphatic heterocycles. The third kappa shape index (κ3) is 3.31. The van der Waals surface area contributed by atoms with Gasteiger partial charge in [0.05, 0.1) is 0 Å². The van der Waals surface area contributed by atoms with Crippen molar-refractivity contribution in [3.05, 3.63) is 88.9 Å². The summed E-state index contributed by atoms with van der Waals surface area (Å²) in [6.45, 7) is 0. The van der Waals surface area contributed by atoms with E-state index in [4.69, 9.17) is 45.7 Å². The van der Waals surface area contributed by atoms with Crippen molar-refractivity contribution in [1.29, 1.82) is 0 Å². The quantitative estimate of drug-likeness (QED) is 0.333. The van der Waals surface area contributed by atoms with E-state index in [2.05, 4.69) is 0 Å². The maximum absolute atomic E-state index is 7.30. The van der Waals surface area contributed by atoms with E-state index >= 15 is 0 Å². The van der Waals surface area contributed by atoms with Crippen LogP contribution in [0.2, 0.25) is 10.0 Å². The molecule has 0 saturated heterocycles. The van der Waals surface area contributed by atoms with E-state index in [0.717, 1.165) is 10.6 Å². The minimum Gasteiger partial charge on any atom is 0 e. The molecule has 0 fully saturated rings. The molecule has 3 rings (SSSR count). The third-order valence-electron chi connectivity index (χ3n) is 3.77. The summed E-state index contributed by atoms with van der Waals surface area (Å²) in [5.41, 5.74) is 0. The van der Waals surface area contributed by atoms with E-state index in [-0.39, 0.29) is 21.7 Å². The molecule has 0 amide bonds. The van der Waals surface area contributed by atoms with Gasteiger partial charge in [-0.05, 0) is 0 Å². The fraction of sp³-hybridized carbons (Fsp3) is 0. The van der Waals surface area contributed by atoms with Gasteiger partial charge >= 0.3 is 156 Å². The molecule has 0 bridgehead atoms. The second-order valence-corrected chi connectivity index (χ2v) is 13.8. The maximum atomic E-state index is 7.30. The largest absolute Gasteiger partial charge is 0 e. The molecule has 0 N–H and O–H groups in total. The van der Waals surface area contributed by atoms with Gasteiger partial charge in [0.2, 0.25) is 0 Å². The first-order valence-electron chi connectivity index (χ1n) is 6.95. The molecule has 0 aliphatic rings. The molecule has 0 aliphatic carbocycles. The van der Waals surface area contributed by atoms with Crippen LogP contribution in [0.5, 0.6) is 0 Å². The first-order valence-corrected chi connectivity index (χ1v) is 11.8. The van der Waals surface area contributed by atoms with Crippen LogP contribution in [0.25, 0.3) is 0 Å². The van der Waals surface area contributed by atoms with Crippen LogP contribution >= 0.6 is 51.0 Å². The molecule has 0 unspecified atom stereocenters. The molecule has 0 heterocycles. The Labute approximate surface area is 176 Å². The van der Waals surface area contributed by atoms with Crippen LogP contribution < -0.4 is 15.9 Å². The monoisotopic (exact) mass is 448 g/mol. The number of rotatable bonds is 3. The van der Waals surface area contributed by atoms with Crippen LogP contribution in [0, 0.1) is 0 Å². The molecule has 0 saturated carbocycles. The van der Waals surface area contributed by atoms with E-state index in [1.54, 1.807) is 6.07 Å². The summed E-state index contributed by atoms with van der Waals surface area (Å²) in [5.74, 6) is 0. The molecular formula is C18H13Cl4PTi. The van der Waals surface area contributed by atoms with Crippen molar-refractivity contribution in [1.82, 2.24) is 0 Å². The normalized spacial score (nSPS) is 12.8. The number of halogens is 4. The molecular weight excluding hydrogens is 437 g/mol. The second kappa shape index (κ2) is 7.69. The minimum absolute atomic E-state index is 0. The van der Waals surface area contributed by atoms with Crippen LogP contribution in [0.4, 0.5) is 0 Å². The van der Waals surface area contributed by atoms with Crippen molar-refractivity contribution in [2.75, 3.05) is 0 Å². The number of hydrogen-bond acceptors (Lipinski definition) is 0. The van der Waals surface area contributed by atoms with Gasteiger partial charge in [-0.3, -0.25) is 0 Å². The molecule has 0 spiro atoms. The van der Waals surface area contributed by atoms with Crippen LogP contribution in [0.15, 0.2) is 78.9 Å². The van der Waals surface area contributed by atoms with Crippen molar-refractivity contribution >= 4 is 66.9 Å². The van der Waals surface area contributed by atoms with Gasteiger partial charge in [0.1, 0.15) is 0 Å². The average molecular weight is 450 g/mol. The van der Waals surface area contributed by atoms with Gasteiger partial charge in [-0.1, -0.05) is 0 Å². The molecule has 0 radical (unpaired) electrons. The summed E-state index contributed by atoms with van der Waals surface area (Å²) >= 11 is 27.3. The SMILES string of the molecule is Clc1cccc(P(Cl)(Cl)(c2ccccc2)c2ccccc2)c1Cl.[Ti]. The fourth-order valence-corrected chi connectivity index (χ4v) is 8.99. The fourth-order valence-electron chi connectivity index (χ4n) is 2.60. The summed E-state index contributed by atoms with van der Waals surface area (Å²) in [6.07, 6.45) is 0. The zero-order valence-electron chi connectivity index (χ0n) is 12.5. The predicted molar refractivity (Wildman–Crippen MR) is 107 cm³/mol. The molecule has 0 aromatic heterocycles. The van der Waals surface area contributed by atoms with Gasteiger partial charge in [-0.15, -0.1) is 0 Å². The van der Waals surface area contributed by atoms with Crippen molar-refractivity contribution in [2.24, 2.45) is 0 Å². The van der Waals surface area contributed by atoms with Crippen LogP contribution in [0.3, 0.4) is 0 Å². The number of hydrogen-bond donors (Lipinski definition) is 0. The second-order valence-electron chi connectivity index (χ2n) is 5.15. The molecule has 6 heteroatoms. The van der Waals surface area contributed by atoms with E-state index in [1.165, 1.54) is 0 Å². The molecule has 24 heavy (non-hydrogen) atoms. The van der Waals surface area contributed by atoms with Gasteiger partial charge < -0.3 is 0 Å². The van der Waals surface area contributed by atoms with Gasteiger partial charge in [0, 0.05) is 21.7 Å². The van der Waals surface area contributed by atoms with E-state index in [9.17, 15) is 0 Å². The Morgan fingerprint density at radius 2 is 1.04 bits per heavy atom. The number of benzene rings is 3. The summed E-state index contributed by atoms with van der Waals surface area (Å²) in [5, 5.41) is -0.578. The molecule has 0 atom stereocenters. The Hall–Kier alpha value is -0.0357. The van der Waals surface area contributed by atoms with Crippen molar-refractivity contribution in [2.45, 2.75) is 0 Å². The Morgan fingerprint density at radius 1 is 0.583 bits per heavy atom. The summed E-state index contributed by atoms with van der Waals surface area (Å²) < 4.78 is 0. The summed E-state index contributed by atoms with van der Waals surface area (Å²) in [4.78, 5) is 0. The molecule has 3 aromatic carbocycles. The predicted octanol–water partition coefficient (Wildman–Crippen LogP) is 6.13. The van der Waals surface area contributed by atoms with E-state index < -0.39 is 5.31 Å². The van der Waals surface area contributed by atoms with Gasteiger partial charge in [-0.25, -0.2) is 0 Å². The Balaban J connectivity index is 0.00000208. The summed E-state index contributed by atoms with van der Waals surface area (Å²) in [6, 6.07) is 24.7. The minimum atomic E-state index is -3.73. The van der Waals surface area contributed by atoms with Crippen LogP contribution in [0.1, 0.15) is 0 Å². The first kappa shape index (κ1) is 20.3. The molecule has 122 valence electrons. The Kier molecular flexibility index (Phi) is 6.49. The van der Waals surface area contributed by atoms with Gasteiger partial charge in [-0.2, -0.15) is 0 Å².